The van der Waals surface area contributed by atoms with Crippen LogP contribution >= 0.6 is 0 Å². The van der Waals surface area contributed by atoms with Crippen LogP contribution in [0.5, 0.6) is 0 Å². The van der Waals surface area contributed by atoms with Crippen molar-refractivity contribution in [3.8, 4) is 0 Å². The zero-order chi connectivity index (χ0) is 73.9. The highest BCUT2D eigenvalue weighted by molar-refractivity contribution is 6.78. The molecule has 0 N–H and O–H groups in total. The van der Waals surface area contributed by atoms with Crippen molar-refractivity contribution >= 4 is 41.6 Å². The molecule has 6 fully saturated rings. The Kier molecular flexibility index (Phi) is 30.1. The van der Waals surface area contributed by atoms with Gasteiger partial charge in [0.05, 0.1) is 18.3 Å². The predicted molar refractivity (Wildman–Crippen MR) is 454 cm³/mol. The third-order valence-corrected chi connectivity index (χ3v) is 54.3. The molecule has 10 heteroatoms. The fourth-order valence-corrected chi connectivity index (χ4v) is 42.7. The van der Waals surface area contributed by atoms with Crippen molar-refractivity contribution in [2.75, 3.05) is 0 Å². The minimum Gasteiger partial charge on any atom is -0.414 e. The van der Waals surface area contributed by atoms with Gasteiger partial charge in [0, 0.05) is 30.0 Å². The Morgan fingerprint density at radius 1 is 0.304 bits per heavy atom. The summed E-state index contributed by atoms with van der Waals surface area (Å²) in [6, 6.07) is 4.27. The van der Waals surface area contributed by atoms with E-state index in [0.717, 1.165) is 53.4 Å². The van der Waals surface area contributed by atoms with Crippen LogP contribution in [0, 0.1) is 82.9 Å². The van der Waals surface area contributed by atoms with Gasteiger partial charge >= 0.3 is 0 Å². The minimum atomic E-state index is -1.96. The minimum absolute atomic E-state index is 0.338. The van der Waals surface area contributed by atoms with Crippen LogP contribution < -0.4 is 0 Å². The topological polar surface area (TPSA) is 46.2 Å². The van der Waals surface area contributed by atoms with Crippen LogP contribution in [0.25, 0.3) is 0 Å². The van der Waals surface area contributed by atoms with Crippen LogP contribution in [0.3, 0.4) is 0 Å². The second-order valence-corrected chi connectivity index (χ2v) is 60.7. The molecule has 566 valence electrons. The highest BCUT2D eigenvalue weighted by Gasteiger charge is 2.54. The molecule has 18 unspecified atom stereocenters. The van der Waals surface area contributed by atoms with Crippen molar-refractivity contribution in [1.29, 1.82) is 0 Å². The Hall–Kier alpha value is -3.02. The summed E-state index contributed by atoms with van der Waals surface area (Å²) in [6.07, 6.45) is 77.2. The van der Waals surface area contributed by atoms with E-state index in [9.17, 15) is 0 Å². The van der Waals surface area contributed by atoms with E-state index in [1.54, 1.807) is 0 Å². The molecule has 0 heterocycles. The number of hydrogen-bond acceptors (Lipinski definition) is 5. The molecule has 0 aromatic heterocycles. The van der Waals surface area contributed by atoms with Gasteiger partial charge in [-0.2, -0.15) is 0 Å². The molecular formula is C92H148O5Si5. The van der Waals surface area contributed by atoms with Crippen molar-refractivity contribution < 1.29 is 22.1 Å². The molecule has 12 aliphatic rings. The summed E-state index contributed by atoms with van der Waals surface area (Å²) < 4.78 is 35.3. The van der Waals surface area contributed by atoms with E-state index < -0.39 is 41.6 Å². The van der Waals surface area contributed by atoms with E-state index in [4.69, 9.17) is 22.1 Å². The highest BCUT2D eigenvalue weighted by atomic mass is 28.4. The van der Waals surface area contributed by atoms with Gasteiger partial charge in [0.15, 0.2) is 8.32 Å². The van der Waals surface area contributed by atoms with Gasteiger partial charge < -0.3 is 22.1 Å². The summed E-state index contributed by atoms with van der Waals surface area (Å²) in [7, 11) is -8.99. The van der Waals surface area contributed by atoms with Gasteiger partial charge in [-0.05, 0) is 229 Å². The van der Waals surface area contributed by atoms with Crippen LogP contribution in [0.2, 0.25) is 87.1 Å². The molecule has 12 rings (SSSR count). The Morgan fingerprint density at radius 2 is 0.618 bits per heavy atom. The van der Waals surface area contributed by atoms with Gasteiger partial charge in [0.2, 0.25) is 33.3 Å². The molecule has 6 saturated carbocycles. The molecule has 0 radical (unpaired) electrons. The van der Waals surface area contributed by atoms with E-state index in [2.05, 4.69) is 308 Å². The average molecular weight is 1470 g/mol. The van der Waals surface area contributed by atoms with Crippen molar-refractivity contribution in [2.45, 2.75) is 305 Å². The van der Waals surface area contributed by atoms with Gasteiger partial charge in [-0.25, -0.2) is 0 Å². The van der Waals surface area contributed by atoms with Crippen molar-refractivity contribution in [3.63, 3.8) is 0 Å². The Balaban J connectivity index is 0.000000170. The van der Waals surface area contributed by atoms with Crippen molar-refractivity contribution in [1.82, 2.24) is 0 Å². The second-order valence-electron chi connectivity index (χ2n) is 37.1. The third kappa shape index (κ3) is 18.8. The Bertz CT molecular complexity index is 2910. The maximum absolute atomic E-state index is 7.40. The standard InChI is InChI=1S/C38H62O2Si2.C18H26OSi.2C18H30OSi/c1-11-23-41(27(3)4,28(5)6)39-37-25-31(33-17-13-15-19-35(33)37)21-22-32-26-38(36-20-16-14-18-34(32)36)40-42(24-12-2,29(7)8)30(9)10;1-20(2,18-10-13-7-8-16(18)9-13)19-17-11-14-5-3-4-6-15(14)12-17;1-6-13-20(14(2)3,15(4)5)19-18-12-11-16-9-7-8-10-17(16)18;1-6-11-20(14(2)3,15(4)5)19-18-12-16-9-7-8-10-17(16)13-18/h11-20,27-38H,1-2,21-26H2,3-10H3;3-8,13-18H,9-12H2,1-2H3;2*6-10,14-18H,1,11-13H2,2-5H3. The molecule has 18 atom stereocenters. The largest absolute Gasteiger partial charge is 0.414 e. The van der Waals surface area contributed by atoms with E-state index in [0.29, 0.717) is 134 Å². The molecule has 0 saturated heterocycles. The molecule has 0 aromatic carbocycles. The summed E-state index contributed by atoms with van der Waals surface area (Å²) in [5, 5.41) is 0. The zero-order valence-corrected chi connectivity index (χ0v) is 72.9. The molecule has 0 aliphatic heterocycles. The first-order chi connectivity index (χ1) is 48.6. The van der Waals surface area contributed by atoms with Gasteiger partial charge in [-0.3, -0.25) is 0 Å². The number of hydrogen-bond donors (Lipinski definition) is 0. The zero-order valence-electron chi connectivity index (χ0n) is 67.9. The molecular weight excluding hydrogens is 1330 g/mol. The normalized spacial score (nSPS) is 33.7. The summed E-state index contributed by atoms with van der Waals surface area (Å²) in [5.74, 6) is 9.56. The van der Waals surface area contributed by atoms with Gasteiger partial charge in [0.25, 0.3) is 0 Å². The summed E-state index contributed by atoms with van der Waals surface area (Å²) in [4.78, 5) is 0. The lowest BCUT2D eigenvalue weighted by molar-refractivity contribution is 0.149. The van der Waals surface area contributed by atoms with Gasteiger partial charge in [-0.1, -0.05) is 269 Å². The Labute approximate surface area is 632 Å². The summed E-state index contributed by atoms with van der Waals surface area (Å²) in [6.45, 7) is 59.1. The number of allylic oxidation sites excluding steroid dienone is 23. The van der Waals surface area contributed by atoms with E-state index in [1.165, 1.54) is 77.0 Å². The molecule has 102 heavy (non-hydrogen) atoms. The quantitative estimate of drug-likeness (QED) is 0.0530. The molecule has 0 amide bonds. The van der Waals surface area contributed by atoms with Crippen LogP contribution in [0.15, 0.2) is 184 Å². The highest BCUT2D eigenvalue weighted by Crippen LogP contribution is 2.56. The fraction of sp³-hybridized carbons (Fsp3) is 0.674. The number of fused-ring (bicyclic) bond motifs is 7. The Morgan fingerprint density at radius 3 is 0.951 bits per heavy atom. The lowest BCUT2D eigenvalue weighted by Gasteiger charge is -2.41. The second kappa shape index (κ2) is 36.9. The molecule has 0 spiro atoms. The molecule has 2 bridgehead atoms. The molecule has 12 aliphatic carbocycles. The van der Waals surface area contributed by atoms with Crippen LogP contribution in [0.1, 0.15) is 188 Å². The van der Waals surface area contributed by atoms with E-state index in [1.807, 2.05) is 0 Å². The first kappa shape index (κ1) is 83.0. The average Bonchev–Trinajstić information content (AvgIpc) is 1.61. The first-order valence-corrected chi connectivity index (χ1v) is 53.9. The maximum atomic E-state index is 7.40. The van der Waals surface area contributed by atoms with Crippen LogP contribution in [-0.4, -0.2) is 72.1 Å². The van der Waals surface area contributed by atoms with Crippen LogP contribution in [0.4, 0.5) is 0 Å². The van der Waals surface area contributed by atoms with Crippen molar-refractivity contribution in [2.24, 2.45) is 82.9 Å². The van der Waals surface area contributed by atoms with Crippen LogP contribution in [-0.2, 0) is 22.1 Å². The van der Waals surface area contributed by atoms with E-state index >= 15 is 0 Å². The lowest BCUT2D eigenvalue weighted by atomic mass is 9.79. The summed E-state index contributed by atoms with van der Waals surface area (Å²) >= 11 is 0. The monoisotopic (exact) mass is 1470 g/mol. The summed E-state index contributed by atoms with van der Waals surface area (Å²) in [5.41, 5.74) is 5.79. The van der Waals surface area contributed by atoms with Crippen molar-refractivity contribution in [3.05, 3.63) is 184 Å². The third-order valence-electron chi connectivity index (χ3n) is 28.6. The first-order valence-electron chi connectivity index (χ1n) is 41.9. The molecule has 0 aromatic rings. The number of rotatable bonds is 30. The van der Waals surface area contributed by atoms with E-state index in [-0.39, 0.29) is 0 Å². The SMILES string of the molecule is C=CC[Si](OC1CC(CCC2CC(O[Si](CC=C)(C(C)C)C(C)C)C3C=CC=CC23)C2C=CC=CC12)(C(C)C)C(C)C.C=CC[Si](OC1CC2C=CC=CC2C1)(C(C)C)C(C)C.C=CC[Si](OC1CCC2C=CC=CC21)(C(C)C)C(C)C.C[Si](C)(OC1CC2C=CC=CC2C1)C1CC2C=CC1C2. The predicted octanol–water partition coefficient (Wildman–Crippen LogP) is 26.8. The smallest absolute Gasteiger partial charge is 0.201 e. The molecule has 5 nitrogen and oxygen atoms in total. The van der Waals surface area contributed by atoms with Gasteiger partial charge in [0.1, 0.15) is 0 Å². The lowest BCUT2D eigenvalue weighted by Crippen LogP contribution is -2.48. The fourth-order valence-electron chi connectivity index (χ4n) is 22.5. The maximum Gasteiger partial charge on any atom is 0.201 e. The van der Waals surface area contributed by atoms with Gasteiger partial charge in [-0.15, -0.1) is 26.3 Å².